The standard InChI is InChI=1S/C13H19N3O2S2/c1-17-7-6-14-5-3-4-12-15-16-13(20-12)11-8-10(18-2)9-19-11/h8-9,14H,3-7H2,1-2H3. The van der Waals surface area contributed by atoms with Crippen molar-refractivity contribution in [2.75, 3.05) is 33.9 Å². The van der Waals surface area contributed by atoms with Gasteiger partial charge in [0.25, 0.3) is 0 Å². The van der Waals surface area contributed by atoms with E-state index in [1.807, 2.05) is 11.4 Å². The number of aromatic nitrogens is 2. The van der Waals surface area contributed by atoms with Crippen molar-refractivity contribution in [2.24, 2.45) is 0 Å². The Labute approximate surface area is 127 Å². The SMILES string of the molecule is COCCNCCCc1nnc(-c2cc(OC)cs2)s1. The highest BCUT2D eigenvalue weighted by molar-refractivity contribution is 7.20. The minimum absolute atomic E-state index is 0.753. The summed E-state index contributed by atoms with van der Waals surface area (Å²) < 4.78 is 10.2. The molecular formula is C13H19N3O2S2. The topological polar surface area (TPSA) is 56.3 Å². The Kier molecular flexibility index (Phi) is 6.38. The van der Waals surface area contributed by atoms with Crippen molar-refractivity contribution in [3.8, 4) is 15.6 Å². The van der Waals surface area contributed by atoms with Gasteiger partial charge < -0.3 is 14.8 Å². The van der Waals surface area contributed by atoms with Crippen LogP contribution in [0.25, 0.3) is 9.88 Å². The Morgan fingerprint density at radius 3 is 2.90 bits per heavy atom. The molecule has 0 fully saturated rings. The van der Waals surface area contributed by atoms with E-state index in [1.165, 1.54) is 0 Å². The fraction of sp³-hybridized carbons (Fsp3) is 0.538. The number of thiophene rings is 1. The highest BCUT2D eigenvalue weighted by atomic mass is 32.1. The predicted octanol–water partition coefficient (Wildman–Crippen LogP) is 2.44. The third-order valence-corrected chi connectivity index (χ3v) is 4.78. The van der Waals surface area contributed by atoms with Crippen LogP contribution in [-0.2, 0) is 11.2 Å². The first-order valence-electron chi connectivity index (χ1n) is 6.48. The molecule has 2 rings (SSSR count). The lowest BCUT2D eigenvalue weighted by Crippen LogP contribution is -2.20. The van der Waals surface area contributed by atoms with Gasteiger partial charge in [-0.1, -0.05) is 11.3 Å². The minimum atomic E-state index is 0.753. The van der Waals surface area contributed by atoms with Crippen LogP contribution in [0, 0.1) is 0 Å². The predicted molar refractivity (Wildman–Crippen MR) is 82.8 cm³/mol. The Hall–Kier alpha value is -1.02. The van der Waals surface area contributed by atoms with E-state index in [0.717, 1.165) is 53.2 Å². The van der Waals surface area contributed by atoms with Gasteiger partial charge in [0.15, 0.2) is 5.01 Å². The number of hydrogen-bond donors (Lipinski definition) is 1. The van der Waals surface area contributed by atoms with Crippen LogP contribution in [0.1, 0.15) is 11.4 Å². The second kappa shape index (κ2) is 8.31. The maximum atomic E-state index is 5.18. The van der Waals surface area contributed by atoms with Gasteiger partial charge in [-0.25, -0.2) is 0 Å². The lowest BCUT2D eigenvalue weighted by molar-refractivity contribution is 0.199. The van der Waals surface area contributed by atoms with Gasteiger partial charge in [0, 0.05) is 31.5 Å². The van der Waals surface area contributed by atoms with Gasteiger partial charge in [-0.05, 0) is 13.0 Å². The maximum absolute atomic E-state index is 5.18. The molecule has 20 heavy (non-hydrogen) atoms. The molecule has 5 nitrogen and oxygen atoms in total. The number of nitrogens with one attached hydrogen (secondary N) is 1. The number of nitrogens with zero attached hydrogens (tertiary/aromatic N) is 2. The van der Waals surface area contributed by atoms with Gasteiger partial charge in [-0.15, -0.1) is 21.5 Å². The van der Waals surface area contributed by atoms with Gasteiger partial charge in [0.05, 0.1) is 18.6 Å². The van der Waals surface area contributed by atoms with Gasteiger partial charge in [0.1, 0.15) is 10.8 Å². The molecule has 0 aliphatic heterocycles. The molecule has 0 radical (unpaired) electrons. The Morgan fingerprint density at radius 2 is 2.15 bits per heavy atom. The quantitative estimate of drug-likeness (QED) is 0.721. The van der Waals surface area contributed by atoms with E-state index >= 15 is 0 Å². The summed E-state index contributed by atoms with van der Waals surface area (Å²) in [4.78, 5) is 1.11. The van der Waals surface area contributed by atoms with Crippen LogP contribution in [0.15, 0.2) is 11.4 Å². The molecule has 2 aromatic heterocycles. The molecule has 0 amide bonds. The molecule has 0 saturated heterocycles. The molecule has 110 valence electrons. The van der Waals surface area contributed by atoms with E-state index in [1.54, 1.807) is 36.9 Å². The second-order valence-electron chi connectivity index (χ2n) is 4.20. The molecular weight excluding hydrogens is 294 g/mol. The van der Waals surface area contributed by atoms with Crippen LogP contribution in [0.5, 0.6) is 5.75 Å². The average molecular weight is 313 g/mol. The van der Waals surface area contributed by atoms with Crippen LogP contribution in [0.2, 0.25) is 0 Å². The summed E-state index contributed by atoms with van der Waals surface area (Å²) in [5.41, 5.74) is 0. The number of methoxy groups -OCH3 is 2. The smallest absolute Gasteiger partial charge is 0.157 e. The third-order valence-electron chi connectivity index (χ3n) is 2.72. The first-order chi connectivity index (χ1) is 9.83. The van der Waals surface area contributed by atoms with E-state index in [9.17, 15) is 0 Å². The number of rotatable bonds is 9. The monoisotopic (exact) mass is 313 g/mol. The Morgan fingerprint density at radius 1 is 1.25 bits per heavy atom. The van der Waals surface area contributed by atoms with Gasteiger partial charge >= 0.3 is 0 Å². The molecule has 0 saturated carbocycles. The number of hydrogen-bond acceptors (Lipinski definition) is 7. The van der Waals surface area contributed by atoms with Gasteiger partial charge in [-0.3, -0.25) is 0 Å². The molecule has 0 spiro atoms. The van der Waals surface area contributed by atoms with Gasteiger partial charge in [-0.2, -0.15) is 0 Å². The summed E-state index contributed by atoms with van der Waals surface area (Å²) in [6, 6.07) is 2.00. The normalized spacial score (nSPS) is 10.9. The summed E-state index contributed by atoms with van der Waals surface area (Å²) in [5, 5.41) is 15.9. The van der Waals surface area contributed by atoms with Crippen LogP contribution < -0.4 is 10.1 Å². The zero-order valence-electron chi connectivity index (χ0n) is 11.7. The molecule has 0 unspecified atom stereocenters. The lowest BCUT2D eigenvalue weighted by atomic mass is 10.3. The van der Waals surface area contributed by atoms with Crippen molar-refractivity contribution in [1.29, 1.82) is 0 Å². The van der Waals surface area contributed by atoms with Crippen molar-refractivity contribution in [3.05, 3.63) is 16.5 Å². The molecule has 0 bridgehead atoms. The van der Waals surface area contributed by atoms with E-state index in [4.69, 9.17) is 9.47 Å². The van der Waals surface area contributed by atoms with Crippen LogP contribution in [0.4, 0.5) is 0 Å². The third kappa shape index (κ3) is 4.52. The van der Waals surface area contributed by atoms with Gasteiger partial charge in [0.2, 0.25) is 0 Å². The van der Waals surface area contributed by atoms with E-state index in [-0.39, 0.29) is 0 Å². The maximum Gasteiger partial charge on any atom is 0.157 e. The number of ether oxygens (including phenoxy) is 2. The Balaban J connectivity index is 1.77. The summed E-state index contributed by atoms with van der Waals surface area (Å²) in [5.74, 6) is 0.879. The van der Waals surface area contributed by atoms with E-state index < -0.39 is 0 Å². The van der Waals surface area contributed by atoms with Crippen LogP contribution in [-0.4, -0.2) is 44.1 Å². The summed E-state index contributed by atoms with van der Waals surface area (Å²) in [6.45, 7) is 2.63. The minimum Gasteiger partial charge on any atom is -0.496 e. The zero-order chi connectivity index (χ0) is 14.2. The van der Waals surface area contributed by atoms with Crippen LogP contribution >= 0.6 is 22.7 Å². The van der Waals surface area contributed by atoms with Crippen molar-refractivity contribution in [1.82, 2.24) is 15.5 Å². The molecule has 1 N–H and O–H groups in total. The Bertz CT molecular complexity index is 513. The first-order valence-corrected chi connectivity index (χ1v) is 8.18. The zero-order valence-corrected chi connectivity index (χ0v) is 13.4. The van der Waals surface area contributed by atoms with Crippen LogP contribution in [0.3, 0.4) is 0 Å². The first kappa shape index (κ1) is 15.4. The highest BCUT2D eigenvalue weighted by Crippen LogP contribution is 2.32. The van der Waals surface area contributed by atoms with Crippen molar-refractivity contribution in [3.63, 3.8) is 0 Å². The van der Waals surface area contributed by atoms with Crippen molar-refractivity contribution < 1.29 is 9.47 Å². The summed E-state index contributed by atoms with van der Waals surface area (Å²) in [6.07, 6.45) is 2.02. The summed E-state index contributed by atoms with van der Waals surface area (Å²) >= 11 is 3.29. The fourth-order valence-corrected chi connectivity index (χ4v) is 3.45. The molecule has 2 heterocycles. The van der Waals surface area contributed by atoms with Crippen molar-refractivity contribution in [2.45, 2.75) is 12.8 Å². The molecule has 0 atom stereocenters. The van der Waals surface area contributed by atoms with E-state index in [2.05, 4.69) is 15.5 Å². The molecule has 0 aliphatic carbocycles. The number of aryl methyl sites for hydroxylation is 1. The molecule has 0 aliphatic rings. The average Bonchev–Trinajstić information content (AvgIpc) is 3.11. The largest absolute Gasteiger partial charge is 0.496 e. The lowest BCUT2D eigenvalue weighted by Gasteiger charge is -2.01. The molecule has 2 aromatic rings. The summed E-state index contributed by atoms with van der Waals surface area (Å²) in [7, 11) is 3.39. The van der Waals surface area contributed by atoms with Crippen molar-refractivity contribution >= 4 is 22.7 Å². The van der Waals surface area contributed by atoms with E-state index in [0.29, 0.717) is 0 Å². The molecule has 0 aromatic carbocycles. The fourth-order valence-electron chi connectivity index (χ4n) is 1.66. The second-order valence-corrected chi connectivity index (χ2v) is 6.17. The molecule has 7 heteroatoms. The highest BCUT2D eigenvalue weighted by Gasteiger charge is 2.09.